The van der Waals surface area contributed by atoms with Gasteiger partial charge in [0.25, 0.3) is 0 Å². The molecule has 0 fully saturated rings. The first-order valence-electron chi connectivity index (χ1n) is 5.19. The number of ether oxygens (including phenoxy) is 1. The number of nitrogen functional groups attached to an aromatic ring is 1. The average molecular weight is 208 g/mol. The molecule has 0 amide bonds. The standard InChI is InChI=1S/C12H20N2O/c1-10(14(2)8-9-15-3)11-4-6-12(13)7-5-11/h4-7,10H,8-9,13H2,1-3H3. The summed E-state index contributed by atoms with van der Waals surface area (Å²) >= 11 is 0. The highest BCUT2D eigenvalue weighted by Crippen LogP contribution is 2.19. The average Bonchev–Trinajstić information content (AvgIpc) is 2.26. The zero-order chi connectivity index (χ0) is 11.3. The van der Waals surface area contributed by atoms with Gasteiger partial charge >= 0.3 is 0 Å². The van der Waals surface area contributed by atoms with Gasteiger partial charge in [0.15, 0.2) is 0 Å². The fraction of sp³-hybridized carbons (Fsp3) is 0.500. The summed E-state index contributed by atoms with van der Waals surface area (Å²) in [7, 11) is 3.82. The van der Waals surface area contributed by atoms with Crippen LogP contribution in [0.5, 0.6) is 0 Å². The first kappa shape index (κ1) is 12.0. The molecule has 0 aromatic heterocycles. The number of nitrogens with zero attached hydrogens (tertiary/aromatic N) is 1. The molecule has 1 aromatic carbocycles. The largest absolute Gasteiger partial charge is 0.399 e. The first-order chi connectivity index (χ1) is 7.15. The molecule has 1 aromatic rings. The van der Waals surface area contributed by atoms with E-state index in [2.05, 4.69) is 31.0 Å². The minimum atomic E-state index is 0.390. The third-order valence-corrected chi connectivity index (χ3v) is 2.73. The van der Waals surface area contributed by atoms with E-state index >= 15 is 0 Å². The van der Waals surface area contributed by atoms with Gasteiger partial charge in [-0.3, -0.25) is 4.90 Å². The smallest absolute Gasteiger partial charge is 0.0589 e. The highest BCUT2D eigenvalue weighted by Gasteiger charge is 2.10. The van der Waals surface area contributed by atoms with Crippen molar-refractivity contribution >= 4 is 5.69 Å². The van der Waals surface area contributed by atoms with Gasteiger partial charge in [-0.1, -0.05) is 12.1 Å². The molecule has 1 unspecified atom stereocenters. The molecule has 0 saturated heterocycles. The van der Waals surface area contributed by atoms with Gasteiger partial charge in [-0.25, -0.2) is 0 Å². The molecule has 0 saturated carbocycles. The molecule has 0 aliphatic rings. The van der Waals surface area contributed by atoms with Crippen LogP contribution in [-0.4, -0.2) is 32.2 Å². The number of hydrogen-bond donors (Lipinski definition) is 1. The summed E-state index contributed by atoms with van der Waals surface area (Å²) in [5, 5.41) is 0. The molecular formula is C12H20N2O. The van der Waals surface area contributed by atoms with E-state index in [-0.39, 0.29) is 0 Å². The quantitative estimate of drug-likeness (QED) is 0.751. The lowest BCUT2D eigenvalue weighted by molar-refractivity contribution is 0.143. The number of methoxy groups -OCH3 is 1. The summed E-state index contributed by atoms with van der Waals surface area (Å²) in [6.45, 7) is 3.87. The molecule has 3 nitrogen and oxygen atoms in total. The Morgan fingerprint density at radius 3 is 2.47 bits per heavy atom. The van der Waals surface area contributed by atoms with Gasteiger partial charge in [-0.05, 0) is 31.7 Å². The normalized spacial score (nSPS) is 13.1. The van der Waals surface area contributed by atoms with E-state index in [1.807, 2.05) is 12.1 Å². The van der Waals surface area contributed by atoms with E-state index in [0.717, 1.165) is 18.8 Å². The van der Waals surface area contributed by atoms with Gasteiger partial charge in [-0.15, -0.1) is 0 Å². The van der Waals surface area contributed by atoms with Crippen LogP contribution in [0.15, 0.2) is 24.3 Å². The molecule has 0 aliphatic carbocycles. The van der Waals surface area contributed by atoms with E-state index in [1.165, 1.54) is 5.56 Å². The molecule has 0 bridgehead atoms. The monoisotopic (exact) mass is 208 g/mol. The second-order valence-electron chi connectivity index (χ2n) is 3.82. The van der Waals surface area contributed by atoms with E-state index in [9.17, 15) is 0 Å². The molecule has 0 spiro atoms. The topological polar surface area (TPSA) is 38.5 Å². The fourth-order valence-electron chi connectivity index (χ4n) is 1.46. The Hall–Kier alpha value is -1.06. The number of likely N-dealkylation sites (N-methyl/N-ethyl adjacent to an activating group) is 1. The maximum atomic E-state index is 5.65. The number of benzene rings is 1. The molecular weight excluding hydrogens is 188 g/mol. The summed E-state index contributed by atoms with van der Waals surface area (Å²) in [6, 6.07) is 8.42. The predicted molar refractivity (Wildman–Crippen MR) is 63.8 cm³/mol. The Morgan fingerprint density at radius 1 is 1.33 bits per heavy atom. The summed E-state index contributed by atoms with van der Waals surface area (Å²) in [6.07, 6.45) is 0. The van der Waals surface area contributed by atoms with Gasteiger partial charge < -0.3 is 10.5 Å². The van der Waals surface area contributed by atoms with Crippen molar-refractivity contribution in [3.05, 3.63) is 29.8 Å². The van der Waals surface area contributed by atoms with Gasteiger partial charge in [-0.2, -0.15) is 0 Å². The highest BCUT2D eigenvalue weighted by atomic mass is 16.5. The Bertz CT molecular complexity index is 284. The predicted octanol–water partition coefficient (Wildman–Crippen LogP) is 1.91. The number of anilines is 1. The summed E-state index contributed by atoms with van der Waals surface area (Å²) in [5.74, 6) is 0. The minimum absolute atomic E-state index is 0.390. The van der Waals surface area contributed by atoms with Crippen LogP contribution < -0.4 is 5.73 Å². The maximum Gasteiger partial charge on any atom is 0.0589 e. The molecule has 15 heavy (non-hydrogen) atoms. The Labute approximate surface area is 91.8 Å². The molecule has 2 N–H and O–H groups in total. The first-order valence-corrected chi connectivity index (χ1v) is 5.19. The van der Waals surface area contributed by atoms with E-state index < -0.39 is 0 Å². The maximum absolute atomic E-state index is 5.65. The molecule has 1 atom stereocenters. The Balaban J connectivity index is 2.59. The summed E-state index contributed by atoms with van der Waals surface area (Å²) in [5.41, 5.74) is 7.74. The lowest BCUT2D eigenvalue weighted by Gasteiger charge is -2.24. The second kappa shape index (κ2) is 5.73. The number of rotatable bonds is 5. The van der Waals surface area contributed by atoms with Crippen molar-refractivity contribution < 1.29 is 4.74 Å². The highest BCUT2D eigenvalue weighted by molar-refractivity contribution is 5.39. The van der Waals surface area contributed by atoms with Crippen molar-refractivity contribution in [3.63, 3.8) is 0 Å². The van der Waals surface area contributed by atoms with Crippen LogP contribution in [0.3, 0.4) is 0 Å². The van der Waals surface area contributed by atoms with Crippen LogP contribution in [-0.2, 0) is 4.74 Å². The molecule has 0 heterocycles. The number of hydrogen-bond acceptors (Lipinski definition) is 3. The van der Waals surface area contributed by atoms with Gasteiger partial charge in [0.1, 0.15) is 0 Å². The van der Waals surface area contributed by atoms with Gasteiger partial charge in [0.05, 0.1) is 6.61 Å². The molecule has 1 rings (SSSR count). The zero-order valence-electron chi connectivity index (χ0n) is 9.73. The van der Waals surface area contributed by atoms with Crippen LogP contribution in [0.2, 0.25) is 0 Å². The van der Waals surface area contributed by atoms with Crippen LogP contribution in [0, 0.1) is 0 Å². The van der Waals surface area contributed by atoms with E-state index in [0.29, 0.717) is 6.04 Å². The molecule has 84 valence electrons. The summed E-state index contributed by atoms with van der Waals surface area (Å²) in [4.78, 5) is 2.26. The van der Waals surface area contributed by atoms with Crippen LogP contribution in [0.1, 0.15) is 18.5 Å². The third-order valence-electron chi connectivity index (χ3n) is 2.73. The fourth-order valence-corrected chi connectivity index (χ4v) is 1.46. The van der Waals surface area contributed by atoms with Crippen molar-refractivity contribution in [2.75, 3.05) is 33.0 Å². The van der Waals surface area contributed by atoms with Crippen molar-refractivity contribution in [1.82, 2.24) is 4.90 Å². The lowest BCUT2D eigenvalue weighted by Crippen LogP contribution is -2.26. The zero-order valence-corrected chi connectivity index (χ0v) is 9.73. The van der Waals surface area contributed by atoms with Crippen molar-refractivity contribution in [2.45, 2.75) is 13.0 Å². The Morgan fingerprint density at radius 2 is 1.93 bits per heavy atom. The van der Waals surface area contributed by atoms with Gasteiger partial charge in [0.2, 0.25) is 0 Å². The van der Waals surface area contributed by atoms with Crippen molar-refractivity contribution in [3.8, 4) is 0 Å². The van der Waals surface area contributed by atoms with Crippen molar-refractivity contribution in [2.24, 2.45) is 0 Å². The van der Waals surface area contributed by atoms with Crippen LogP contribution in [0.25, 0.3) is 0 Å². The lowest BCUT2D eigenvalue weighted by atomic mass is 10.1. The van der Waals surface area contributed by atoms with Crippen LogP contribution >= 0.6 is 0 Å². The second-order valence-corrected chi connectivity index (χ2v) is 3.82. The van der Waals surface area contributed by atoms with Gasteiger partial charge in [0, 0.05) is 25.4 Å². The van der Waals surface area contributed by atoms with Crippen molar-refractivity contribution in [1.29, 1.82) is 0 Å². The van der Waals surface area contributed by atoms with E-state index in [1.54, 1.807) is 7.11 Å². The Kier molecular flexibility index (Phi) is 4.59. The third kappa shape index (κ3) is 3.53. The molecule has 0 radical (unpaired) electrons. The van der Waals surface area contributed by atoms with Crippen LogP contribution in [0.4, 0.5) is 5.69 Å². The molecule has 3 heteroatoms. The SMILES string of the molecule is COCCN(C)C(C)c1ccc(N)cc1. The molecule has 0 aliphatic heterocycles. The van der Waals surface area contributed by atoms with E-state index in [4.69, 9.17) is 10.5 Å². The summed E-state index contributed by atoms with van der Waals surface area (Å²) < 4.78 is 5.06. The minimum Gasteiger partial charge on any atom is -0.399 e. The number of nitrogens with two attached hydrogens (primary N) is 1.